The van der Waals surface area contributed by atoms with E-state index in [1.165, 1.54) is 0 Å². The number of carbonyl (C=O) groups is 2. The quantitative estimate of drug-likeness (QED) is 0.773. The second kappa shape index (κ2) is 5.12. The Balaban J connectivity index is 1.93. The summed E-state index contributed by atoms with van der Waals surface area (Å²) < 4.78 is 0. The van der Waals surface area contributed by atoms with Crippen molar-refractivity contribution in [1.29, 1.82) is 0 Å². The molecule has 2 amide bonds. The third-order valence-corrected chi connectivity index (χ3v) is 4.11. The maximum atomic E-state index is 12.2. The highest BCUT2D eigenvalue weighted by Gasteiger charge is 2.40. The number of hydrogen-bond donors (Lipinski definition) is 2. The molecule has 0 aromatic heterocycles. The fraction of sp³-hybridized carbons (Fsp3) is 0.857. The van der Waals surface area contributed by atoms with Crippen LogP contribution in [0.2, 0.25) is 0 Å². The molecule has 0 radical (unpaired) electrons. The molecular formula is C14H24N2O3. The molecule has 0 aromatic carbocycles. The van der Waals surface area contributed by atoms with E-state index >= 15 is 0 Å². The van der Waals surface area contributed by atoms with Crippen LogP contribution in [0.1, 0.15) is 46.5 Å². The van der Waals surface area contributed by atoms with Gasteiger partial charge in [0.15, 0.2) is 0 Å². The van der Waals surface area contributed by atoms with Crippen LogP contribution in [0.25, 0.3) is 0 Å². The summed E-state index contributed by atoms with van der Waals surface area (Å²) in [7, 11) is 0. The fourth-order valence-corrected chi connectivity index (χ4v) is 2.94. The molecule has 1 aliphatic carbocycles. The largest absolute Gasteiger partial charge is 0.391 e. The van der Waals surface area contributed by atoms with E-state index in [1.807, 2.05) is 20.8 Å². The van der Waals surface area contributed by atoms with Crippen molar-refractivity contribution in [2.45, 2.75) is 64.1 Å². The Bertz CT molecular complexity index is 375. The van der Waals surface area contributed by atoms with Crippen LogP contribution < -0.4 is 5.32 Å². The number of nitrogens with zero attached hydrogens (tertiary/aromatic N) is 1. The van der Waals surface area contributed by atoms with Gasteiger partial charge in [-0.1, -0.05) is 0 Å². The van der Waals surface area contributed by atoms with Crippen LogP contribution >= 0.6 is 0 Å². The second-order valence-corrected chi connectivity index (χ2v) is 6.69. The predicted molar refractivity (Wildman–Crippen MR) is 71.4 cm³/mol. The summed E-state index contributed by atoms with van der Waals surface area (Å²) in [5.74, 6) is -0.329. The standard InChI is InChI=1S/C14H24N2O3/c1-14(2,3)16-8-9(7-12(16)18)13(19)15-10-5-4-6-11(10)17/h9-11,17H,4-8H2,1-3H3,(H,15,19). The number of rotatable bonds is 2. The molecule has 3 atom stereocenters. The topological polar surface area (TPSA) is 69.6 Å². The Kier molecular flexibility index (Phi) is 3.85. The van der Waals surface area contributed by atoms with Crippen LogP contribution in [0.4, 0.5) is 0 Å². The number of likely N-dealkylation sites (tertiary alicyclic amines) is 1. The van der Waals surface area contributed by atoms with Gasteiger partial charge in [0.1, 0.15) is 0 Å². The minimum Gasteiger partial charge on any atom is -0.391 e. The Hall–Kier alpha value is -1.10. The number of nitrogens with one attached hydrogen (secondary N) is 1. The molecule has 5 nitrogen and oxygen atoms in total. The molecule has 19 heavy (non-hydrogen) atoms. The highest BCUT2D eigenvalue weighted by atomic mass is 16.3. The zero-order valence-corrected chi connectivity index (χ0v) is 12.0. The van der Waals surface area contributed by atoms with Gasteiger partial charge in [-0.3, -0.25) is 9.59 Å². The smallest absolute Gasteiger partial charge is 0.225 e. The average molecular weight is 268 g/mol. The van der Waals surface area contributed by atoms with Gasteiger partial charge in [0, 0.05) is 18.5 Å². The van der Waals surface area contributed by atoms with E-state index < -0.39 is 6.10 Å². The minimum absolute atomic E-state index is 0.0413. The van der Waals surface area contributed by atoms with E-state index in [9.17, 15) is 14.7 Å². The molecule has 2 rings (SSSR count). The van der Waals surface area contributed by atoms with E-state index in [0.717, 1.165) is 19.3 Å². The molecule has 1 heterocycles. The SMILES string of the molecule is CC(C)(C)N1CC(C(=O)NC2CCCC2O)CC1=O. The van der Waals surface area contributed by atoms with E-state index in [4.69, 9.17) is 0 Å². The van der Waals surface area contributed by atoms with Gasteiger partial charge >= 0.3 is 0 Å². The molecule has 1 saturated carbocycles. The molecule has 1 saturated heterocycles. The molecule has 2 aliphatic rings. The minimum atomic E-state index is -0.431. The van der Waals surface area contributed by atoms with E-state index in [0.29, 0.717) is 6.54 Å². The second-order valence-electron chi connectivity index (χ2n) is 6.69. The van der Waals surface area contributed by atoms with Crippen molar-refractivity contribution in [2.75, 3.05) is 6.54 Å². The third-order valence-electron chi connectivity index (χ3n) is 4.11. The van der Waals surface area contributed by atoms with Crippen LogP contribution in [-0.4, -0.2) is 46.1 Å². The molecule has 2 fully saturated rings. The lowest BCUT2D eigenvalue weighted by Crippen LogP contribution is -2.45. The first-order valence-corrected chi connectivity index (χ1v) is 7.08. The summed E-state index contributed by atoms with van der Waals surface area (Å²) >= 11 is 0. The van der Waals surface area contributed by atoms with Gasteiger partial charge in [0.05, 0.1) is 18.1 Å². The molecule has 0 aromatic rings. The molecular weight excluding hydrogens is 244 g/mol. The summed E-state index contributed by atoms with van der Waals surface area (Å²) in [6, 6.07) is -0.133. The Labute approximate surface area is 114 Å². The van der Waals surface area contributed by atoms with Gasteiger partial charge in [0.25, 0.3) is 0 Å². The molecule has 0 bridgehead atoms. The first kappa shape index (κ1) is 14.3. The summed E-state index contributed by atoms with van der Waals surface area (Å²) in [4.78, 5) is 25.9. The number of hydrogen-bond acceptors (Lipinski definition) is 3. The molecule has 5 heteroatoms. The van der Waals surface area contributed by atoms with Gasteiger partial charge in [-0.15, -0.1) is 0 Å². The fourth-order valence-electron chi connectivity index (χ4n) is 2.94. The lowest BCUT2D eigenvalue weighted by atomic mass is 10.1. The summed E-state index contributed by atoms with van der Waals surface area (Å²) in [6.07, 6.45) is 2.38. The van der Waals surface area contributed by atoms with E-state index in [-0.39, 0.29) is 35.7 Å². The summed E-state index contributed by atoms with van der Waals surface area (Å²) in [5, 5.41) is 12.6. The van der Waals surface area contributed by atoms with Crippen molar-refractivity contribution in [1.82, 2.24) is 10.2 Å². The van der Waals surface area contributed by atoms with E-state index in [1.54, 1.807) is 4.90 Å². The van der Waals surface area contributed by atoms with Crippen molar-refractivity contribution in [2.24, 2.45) is 5.92 Å². The van der Waals surface area contributed by atoms with Gasteiger partial charge in [-0.2, -0.15) is 0 Å². The van der Waals surface area contributed by atoms with Crippen molar-refractivity contribution < 1.29 is 14.7 Å². The molecule has 0 spiro atoms. The van der Waals surface area contributed by atoms with Crippen LogP contribution in [0.15, 0.2) is 0 Å². The Morgan fingerprint density at radius 3 is 2.53 bits per heavy atom. The lowest BCUT2D eigenvalue weighted by molar-refractivity contribution is -0.132. The number of carbonyl (C=O) groups excluding carboxylic acids is 2. The Morgan fingerprint density at radius 2 is 2.05 bits per heavy atom. The van der Waals surface area contributed by atoms with Crippen LogP contribution in [0.3, 0.4) is 0 Å². The highest BCUT2D eigenvalue weighted by Crippen LogP contribution is 2.26. The first-order valence-electron chi connectivity index (χ1n) is 7.08. The van der Waals surface area contributed by atoms with Crippen molar-refractivity contribution in [3.8, 4) is 0 Å². The molecule has 3 unspecified atom stereocenters. The summed E-state index contributed by atoms with van der Waals surface area (Å²) in [5.41, 5.74) is -0.237. The van der Waals surface area contributed by atoms with Gasteiger partial charge in [-0.25, -0.2) is 0 Å². The zero-order valence-electron chi connectivity index (χ0n) is 12.0. The number of aliphatic hydroxyl groups is 1. The van der Waals surface area contributed by atoms with Crippen LogP contribution in [0.5, 0.6) is 0 Å². The maximum Gasteiger partial charge on any atom is 0.225 e. The van der Waals surface area contributed by atoms with Gasteiger partial charge in [-0.05, 0) is 40.0 Å². The lowest BCUT2D eigenvalue weighted by Gasteiger charge is -2.32. The number of amides is 2. The first-order chi connectivity index (χ1) is 8.79. The van der Waals surface area contributed by atoms with Gasteiger partial charge in [0.2, 0.25) is 11.8 Å². The maximum absolute atomic E-state index is 12.2. The number of aliphatic hydroxyl groups excluding tert-OH is 1. The van der Waals surface area contributed by atoms with Crippen molar-refractivity contribution in [3.05, 3.63) is 0 Å². The van der Waals surface area contributed by atoms with Crippen molar-refractivity contribution in [3.63, 3.8) is 0 Å². The monoisotopic (exact) mass is 268 g/mol. The summed E-state index contributed by atoms with van der Waals surface area (Å²) in [6.45, 7) is 6.42. The third kappa shape index (κ3) is 3.08. The normalized spacial score (nSPS) is 31.9. The molecule has 108 valence electrons. The predicted octanol–water partition coefficient (Wildman–Crippen LogP) is 0.663. The average Bonchev–Trinajstić information content (AvgIpc) is 2.85. The zero-order chi connectivity index (χ0) is 14.2. The van der Waals surface area contributed by atoms with Crippen LogP contribution in [-0.2, 0) is 9.59 Å². The van der Waals surface area contributed by atoms with Crippen molar-refractivity contribution >= 4 is 11.8 Å². The molecule has 2 N–H and O–H groups in total. The van der Waals surface area contributed by atoms with Gasteiger partial charge < -0.3 is 15.3 Å². The van der Waals surface area contributed by atoms with Crippen LogP contribution in [0, 0.1) is 5.92 Å². The molecule has 1 aliphatic heterocycles. The van der Waals surface area contributed by atoms with E-state index in [2.05, 4.69) is 5.32 Å². The highest BCUT2D eigenvalue weighted by molar-refractivity contribution is 5.89. The Morgan fingerprint density at radius 1 is 1.37 bits per heavy atom.